The molecule has 106 valence electrons. The fraction of sp³-hybridized carbons (Fsp3) is 0.222. The number of nitrogens with one attached hydrogen (secondary N) is 1. The van der Waals surface area contributed by atoms with E-state index in [1.54, 1.807) is 12.3 Å². The van der Waals surface area contributed by atoms with Gasteiger partial charge in [0.2, 0.25) is 0 Å². The molecule has 0 radical (unpaired) electrons. The Bertz CT molecular complexity index is 595. The Kier molecular flexibility index (Phi) is 4.10. The number of allylic oxidation sites excluding steroid dienone is 2. The molecule has 1 aromatic heterocycles. The van der Waals surface area contributed by atoms with E-state index in [-0.39, 0.29) is 11.8 Å². The molecular formula is C18H18N2O. The summed E-state index contributed by atoms with van der Waals surface area (Å²) in [4.78, 5) is 16.1. The molecule has 1 aliphatic carbocycles. The second-order valence-corrected chi connectivity index (χ2v) is 5.23. The summed E-state index contributed by atoms with van der Waals surface area (Å²) in [6.45, 7) is 0. The zero-order valence-electron chi connectivity index (χ0n) is 11.8. The molecule has 0 saturated carbocycles. The number of pyridine rings is 1. The first kappa shape index (κ1) is 13.6. The first-order chi connectivity index (χ1) is 10.3. The summed E-state index contributed by atoms with van der Waals surface area (Å²) < 4.78 is 0. The molecule has 0 bridgehead atoms. The van der Waals surface area contributed by atoms with Crippen LogP contribution in [0.2, 0.25) is 0 Å². The Morgan fingerprint density at radius 1 is 1.00 bits per heavy atom. The molecular weight excluding hydrogens is 260 g/mol. The Balaban J connectivity index is 1.92. The predicted octanol–water partition coefficient (Wildman–Crippen LogP) is 3.40. The highest BCUT2D eigenvalue weighted by Gasteiger charge is 2.18. The maximum absolute atomic E-state index is 11.6. The fourth-order valence-corrected chi connectivity index (χ4v) is 2.61. The van der Waals surface area contributed by atoms with Gasteiger partial charge in [0.25, 0.3) is 0 Å². The summed E-state index contributed by atoms with van der Waals surface area (Å²) in [6, 6.07) is 16.1. The van der Waals surface area contributed by atoms with Crippen molar-refractivity contribution in [2.75, 3.05) is 0 Å². The Morgan fingerprint density at radius 2 is 1.81 bits per heavy atom. The summed E-state index contributed by atoms with van der Waals surface area (Å²) in [5, 5.41) is 3.50. The van der Waals surface area contributed by atoms with Gasteiger partial charge >= 0.3 is 0 Å². The lowest BCUT2D eigenvalue weighted by Gasteiger charge is -2.23. The minimum absolute atomic E-state index is 0.0236. The number of hydrogen-bond donors (Lipinski definition) is 1. The van der Waals surface area contributed by atoms with Crippen LogP contribution in [0.4, 0.5) is 0 Å². The number of carbonyl (C=O) groups is 1. The number of carbonyl (C=O) groups excluding carboxylic acids is 1. The van der Waals surface area contributed by atoms with E-state index in [9.17, 15) is 4.79 Å². The summed E-state index contributed by atoms with van der Waals surface area (Å²) >= 11 is 0. The maximum atomic E-state index is 11.6. The van der Waals surface area contributed by atoms with Gasteiger partial charge in [-0.15, -0.1) is 0 Å². The van der Waals surface area contributed by atoms with Crippen LogP contribution in [0.1, 0.15) is 36.6 Å². The summed E-state index contributed by atoms with van der Waals surface area (Å²) in [5.74, 6) is 0.205. The number of nitrogens with zero attached hydrogens (tertiary/aromatic N) is 1. The van der Waals surface area contributed by atoms with Crippen molar-refractivity contribution in [3.05, 3.63) is 77.8 Å². The zero-order chi connectivity index (χ0) is 14.5. The van der Waals surface area contributed by atoms with Gasteiger partial charge in [0.05, 0.1) is 11.7 Å². The maximum Gasteiger partial charge on any atom is 0.157 e. The van der Waals surface area contributed by atoms with Gasteiger partial charge in [-0.3, -0.25) is 9.78 Å². The monoisotopic (exact) mass is 278 g/mol. The van der Waals surface area contributed by atoms with Gasteiger partial charge in [-0.05, 0) is 30.5 Å². The lowest BCUT2D eigenvalue weighted by Crippen LogP contribution is -2.25. The molecule has 3 heteroatoms. The van der Waals surface area contributed by atoms with E-state index in [2.05, 4.69) is 22.4 Å². The molecule has 2 aromatic rings. The van der Waals surface area contributed by atoms with E-state index >= 15 is 0 Å². The smallest absolute Gasteiger partial charge is 0.157 e. The van der Waals surface area contributed by atoms with Crippen molar-refractivity contribution in [3.8, 4) is 0 Å². The average molecular weight is 278 g/mol. The normalized spacial score (nSPS) is 16.2. The third kappa shape index (κ3) is 3.37. The first-order valence-corrected chi connectivity index (χ1v) is 7.29. The van der Waals surface area contributed by atoms with Crippen molar-refractivity contribution < 1.29 is 4.79 Å². The molecule has 0 fully saturated rings. The Labute approximate surface area is 124 Å². The molecule has 1 heterocycles. The molecule has 1 aromatic carbocycles. The Morgan fingerprint density at radius 3 is 2.52 bits per heavy atom. The SMILES string of the molecule is O=C1C=C(NC(c2ccccc2)c2ccccn2)CCC1. The first-order valence-electron chi connectivity index (χ1n) is 7.29. The van der Waals surface area contributed by atoms with Crippen molar-refractivity contribution in [1.82, 2.24) is 10.3 Å². The number of hydrogen-bond acceptors (Lipinski definition) is 3. The van der Waals surface area contributed by atoms with Gasteiger partial charge < -0.3 is 5.32 Å². The van der Waals surface area contributed by atoms with Crippen molar-refractivity contribution in [2.45, 2.75) is 25.3 Å². The van der Waals surface area contributed by atoms with Crippen LogP contribution in [0.15, 0.2) is 66.5 Å². The third-order valence-corrected chi connectivity index (χ3v) is 3.65. The van der Waals surface area contributed by atoms with Crippen LogP contribution in [-0.2, 0) is 4.79 Å². The van der Waals surface area contributed by atoms with E-state index in [4.69, 9.17) is 0 Å². The number of benzene rings is 1. The minimum atomic E-state index is -0.0236. The highest BCUT2D eigenvalue weighted by molar-refractivity contribution is 5.91. The fourth-order valence-electron chi connectivity index (χ4n) is 2.61. The number of rotatable bonds is 4. The molecule has 0 amide bonds. The second-order valence-electron chi connectivity index (χ2n) is 5.23. The zero-order valence-corrected chi connectivity index (χ0v) is 11.8. The Hall–Kier alpha value is -2.42. The minimum Gasteiger partial charge on any atom is -0.376 e. The van der Waals surface area contributed by atoms with Gasteiger partial charge in [0, 0.05) is 24.4 Å². The predicted molar refractivity (Wildman–Crippen MR) is 82.6 cm³/mol. The lowest BCUT2D eigenvalue weighted by molar-refractivity contribution is -0.115. The van der Waals surface area contributed by atoms with Crippen LogP contribution in [0.5, 0.6) is 0 Å². The second kappa shape index (κ2) is 6.35. The molecule has 0 spiro atoms. The standard InChI is InChI=1S/C18H18N2O/c21-16-10-6-9-15(13-16)20-18(14-7-2-1-3-8-14)17-11-4-5-12-19-17/h1-5,7-8,11-13,18,20H,6,9-10H2. The quantitative estimate of drug-likeness (QED) is 0.932. The van der Waals surface area contributed by atoms with E-state index in [0.29, 0.717) is 6.42 Å². The average Bonchev–Trinajstić information content (AvgIpc) is 2.54. The highest BCUT2D eigenvalue weighted by atomic mass is 16.1. The lowest BCUT2D eigenvalue weighted by atomic mass is 9.99. The van der Waals surface area contributed by atoms with Crippen molar-refractivity contribution in [1.29, 1.82) is 0 Å². The molecule has 1 aliphatic rings. The third-order valence-electron chi connectivity index (χ3n) is 3.65. The van der Waals surface area contributed by atoms with E-state index in [1.165, 1.54) is 0 Å². The van der Waals surface area contributed by atoms with E-state index < -0.39 is 0 Å². The van der Waals surface area contributed by atoms with Gasteiger partial charge in [0.1, 0.15) is 0 Å². The molecule has 0 saturated heterocycles. The van der Waals surface area contributed by atoms with Crippen molar-refractivity contribution >= 4 is 5.78 Å². The largest absolute Gasteiger partial charge is 0.376 e. The molecule has 3 rings (SSSR count). The number of ketones is 1. The molecule has 1 unspecified atom stereocenters. The molecule has 21 heavy (non-hydrogen) atoms. The van der Waals surface area contributed by atoms with E-state index in [0.717, 1.165) is 29.8 Å². The summed E-state index contributed by atoms with van der Waals surface area (Å²) in [7, 11) is 0. The van der Waals surface area contributed by atoms with Gasteiger partial charge in [0.15, 0.2) is 5.78 Å². The van der Waals surface area contributed by atoms with Gasteiger partial charge in [-0.25, -0.2) is 0 Å². The van der Waals surface area contributed by atoms with Gasteiger partial charge in [-0.2, -0.15) is 0 Å². The molecule has 1 N–H and O–H groups in total. The van der Waals surface area contributed by atoms with E-state index in [1.807, 2.05) is 36.4 Å². The molecule has 1 atom stereocenters. The highest BCUT2D eigenvalue weighted by Crippen LogP contribution is 2.24. The van der Waals surface area contributed by atoms with Crippen molar-refractivity contribution in [3.63, 3.8) is 0 Å². The van der Waals surface area contributed by atoms with Crippen LogP contribution in [0.3, 0.4) is 0 Å². The summed E-state index contributed by atoms with van der Waals surface area (Å²) in [6.07, 6.45) is 6.03. The van der Waals surface area contributed by atoms with Crippen LogP contribution in [-0.4, -0.2) is 10.8 Å². The van der Waals surface area contributed by atoms with Gasteiger partial charge in [-0.1, -0.05) is 36.4 Å². The molecule has 3 nitrogen and oxygen atoms in total. The number of aromatic nitrogens is 1. The van der Waals surface area contributed by atoms with Crippen LogP contribution < -0.4 is 5.32 Å². The van der Waals surface area contributed by atoms with Crippen LogP contribution in [0.25, 0.3) is 0 Å². The topological polar surface area (TPSA) is 42.0 Å². The van der Waals surface area contributed by atoms with Crippen molar-refractivity contribution in [2.24, 2.45) is 0 Å². The van der Waals surface area contributed by atoms with Crippen LogP contribution >= 0.6 is 0 Å². The van der Waals surface area contributed by atoms with Crippen LogP contribution in [0, 0.1) is 0 Å². The molecule has 0 aliphatic heterocycles. The summed E-state index contributed by atoms with van der Waals surface area (Å²) in [5.41, 5.74) is 3.11.